The Hall–Kier alpha value is -0.880. The van der Waals surface area contributed by atoms with Crippen molar-refractivity contribution in [3.8, 4) is 0 Å². The van der Waals surface area contributed by atoms with Crippen LogP contribution >= 0.6 is 11.8 Å². The van der Waals surface area contributed by atoms with Crippen molar-refractivity contribution in [2.75, 3.05) is 0 Å². The standard InChI is InChI=1S/C8H13ClFNO4/c9-11-6(8(14)15)3-1-5(10)2-4-7(12)13/h5-6,11H,1-4H2,(H,12,13)(H,14,15)/t5?,6-/m0/s1. The van der Waals surface area contributed by atoms with E-state index in [1.54, 1.807) is 0 Å². The van der Waals surface area contributed by atoms with Gasteiger partial charge < -0.3 is 10.2 Å². The highest BCUT2D eigenvalue weighted by atomic mass is 35.5. The molecule has 7 heteroatoms. The molecule has 0 saturated heterocycles. The van der Waals surface area contributed by atoms with Gasteiger partial charge in [-0.15, -0.1) is 0 Å². The van der Waals surface area contributed by atoms with Crippen LogP contribution in [0.4, 0.5) is 4.39 Å². The normalized spacial score (nSPS) is 14.5. The van der Waals surface area contributed by atoms with Gasteiger partial charge in [0.2, 0.25) is 0 Å². The van der Waals surface area contributed by atoms with Crippen LogP contribution in [0.15, 0.2) is 0 Å². The number of halogens is 2. The van der Waals surface area contributed by atoms with Gasteiger partial charge in [0.1, 0.15) is 12.2 Å². The molecule has 2 atom stereocenters. The average molecular weight is 242 g/mol. The predicted molar refractivity (Wildman–Crippen MR) is 51.4 cm³/mol. The second-order valence-electron chi connectivity index (χ2n) is 3.11. The minimum Gasteiger partial charge on any atom is -0.481 e. The molecular weight excluding hydrogens is 229 g/mol. The van der Waals surface area contributed by atoms with E-state index in [9.17, 15) is 14.0 Å². The maximum atomic E-state index is 13.0. The zero-order valence-electron chi connectivity index (χ0n) is 7.95. The number of carboxylic acids is 2. The summed E-state index contributed by atoms with van der Waals surface area (Å²) in [4.78, 5) is 22.6. The van der Waals surface area contributed by atoms with Crippen LogP contribution in [0.5, 0.6) is 0 Å². The number of carbonyl (C=O) groups is 2. The predicted octanol–water partition coefficient (Wildman–Crippen LogP) is 1.17. The largest absolute Gasteiger partial charge is 0.481 e. The summed E-state index contributed by atoms with van der Waals surface area (Å²) in [6.45, 7) is 0. The van der Waals surface area contributed by atoms with E-state index in [0.717, 1.165) is 0 Å². The monoisotopic (exact) mass is 241 g/mol. The van der Waals surface area contributed by atoms with Crippen molar-refractivity contribution in [2.24, 2.45) is 0 Å². The first-order valence-corrected chi connectivity index (χ1v) is 4.80. The number of aliphatic carboxylic acids is 2. The van der Waals surface area contributed by atoms with Gasteiger partial charge in [0.25, 0.3) is 0 Å². The summed E-state index contributed by atoms with van der Waals surface area (Å²) in [6, 6.07) is -1.00. The molecule has 0 saturated carbocycles. The average Bonchev–Trinajstić information content (AvgIpc) is 2.15. The first-order valence-electron chi connectivity index (χ1n) is 4.42. The fraction of sp³-hybridized carbons (Fsp3) is 0.750. The number of rotatable bonds is 8. The number of alkyl halides is 1. The molecule has 0 aromatic carbocycles. The Morgan fingerprint density at radius 2 is 1.87 bits per heavy atom. The van der Waals surface area contributed by atoms with E-state index in [0.29, 0.717) is 0 Å². The van der Waals surface area contributed by atoms with Crippen LogP contribution in [0, 0.1) is 0 Å². The van der Waals surface area contributed by atoms with E-state index in [1.165, 1.54) is 0 Å². The zero-order chi connectivity index (χ0) is 11.8. The van der Waals surface area contributed by atoms with E-state index in [4.69, 9.17) is 22.0 Å². The molecule has 0 aromatic rings. The van der Waals surface area contributed by atoms with Gasteiger partial charge in [-0.25, -0.2) is 9.23 Å². The lowest BCUT2D eigenvalue weighted by Crippen LogP contribution is -2.31. The first-order chi connectivity index (χ1) is 6.97. The van der Waals surface area contributed by atoms with Gasteiger partial charge in [0.15, 0.2) is 0 Å². The van der Waals surface area contributed by atoms with Gasteiger partial charge in [-0.2, -0.15) is 0 Å². The Bertz CT molecular complexity index is 227. The van der Waals surface area contributed by atoms with Crippen LogP contribution in [0.2, 0.25) is 0 Å². The molecule has 88 valence electrons. The van der Waals surface area contributed by atoms with Gasteiger partial charge in [-0.1, -0.05) is 0 Å². The van der Waals surface area contributed by atoms with Crippen LogP contribution in [-0.2, 0) is 9.59 Å². The molecule has 0 bridgehead atoms. The maximum absolute atomic E-state index is 13.0. The van der Waals surface area contributed by atoms with Crippen LogP contribution in [0.1, 0.15) is 25.7 Å². The molecule has 15 heavy (non-hydrogen) atoms. The number of nitrogens with one attached hydrogen (secondary N) is 1. The van der Waals surface area contributed by atoms with Crippen LogP contribution in [0.3, 0.4) is 0 Å². The third-order valence-electron chi connectivity index (χ3n) is 1.87. The van der Waals surface area contributed by atoms with Gasteiger partial charge in [-0.05, 0) is 31.0 Å². The fourth-order valence-electron chi connectivity index (χ4n) is 0.997. The highest BCUT2D eigenvalue weighted by Gasteiger charge is 2.18. The molecule has 0 fully saturated rings. The summed E-state index contributed by atoms with van der Waals surface area (Å²) in [5.74, 6) is -2.22. The smallest absolute Gasteiger partial charge is 0.321 e. The Morgan fingerprint density at radius 3 is 2.27 bits per heavy atom. The van der Waals surface area contributed by atoms with E-state index >= 15 is 0 Å². The maximum Gasteiger partial charge on any atom is 0.321 e. The second-order valence-corrected chi connectivity index (χ2v) is 3.33. The van der Waals surface area contributed by atoms with Crippen LogP contribution < -0.4 is 4.84 Å². The zero-order valence-corrected chi connectivity index (χ0v) is 8.71. The molecule has 0 heterocycles. The van der Waals surface area contributed by atoms with Crippen molar-refractivity contribution < 1.29 is 24.2 Å². The van der Waals surface area contributed by atoms with Crippen LogP contribution in [0.25, 0.3) is 0 Å². The summed E-state index contributed by atoms with van der Waals surface area (Å²) in [6.07, 6.45) is -1.67. The van der Waals surface area contributed by atoms with Gasteiger partial charge in [-0.3, -0.25) is 9.59 Å². The first kappa shape index (κ1) is 14.1. The number of hydrogen-bond acceptors (Lipinski definition) is 3. The third kappa shape index (κ3) is 7.10. The lowest BCUT2D eigenvalue weighted by atomic mass is 10.1. The molecule has 0 radical (unpaired) electrons. The van der Waals surface area contributed by atoms with Crippen molar-refractivity contribution in [3.05, 3.63) is 0 Å². The molecule has 0 aliphatic rings. The Kier molecular flexibility index (Phi) is 6.98. The topological polar surface area (TPSA) is 86.6 Å². The van der Waals surface area contributed by atoms with E-state index in [2.05, 4.69) is 0 Å². The SMILES string of the molecule is O=C(O)CCC(F)CC[C@H](NCl)C(=O)O. The number of carboxylic acid groups (broad SMARTS) is 2. The van der Waals surface area contributed by atoms with E-state index in [1.807, 2.05) is 4.84 Å². The van der Waals surface area contributed by atoms with Crippen molar-refractivity contribution in [1.29, 1.82) is 0 Å². The fourth-order valence-corrected chi connectivity index (χ4v) is 1.20. The lowest BCUT2D eigenvalue weighted by molar-refractivity contribution is -0.140. The minimum atomic E-state index is -1.31. The summed E-state index contributed by atoms with van der Waals surface area (Å²) >= 11 is 5.13. The van der Waals surface area contributed by atoms with Crippen molar-refractivity contribution >= 4 is 23.7 Å². The summed E-state index contributed by atoms with van der Waals surface area (Å²) in [7, 11) is 0. The van der Waals surface area contributed by atoms with Gasteiger partial charge in [0.05, 0.1) is 0 Å². The minimum absolute atomic E-state index is 0.0238. The quantitative estimate of drug-likeness (QED) is 0.555. The molecule has 0 spiro atoms. The molecule has 0 amide bonds. The van der Waals surface area contributed by atoms with Crippen LogP contribution in [-0.4, -0.2) is 34.4 Å². The highest BCUT2D eigenvalue weighted by molar-refractivity contribution is 6.14. The second kappa shape index (κ2) is 7.42. The highest BCUT2D eigenvalue weighted by Crippen LogP contribution is 2.11. The summed E-state index contributed by atoms with van der Waals surface area (Å²) in [5.41, 5.74) is 0. The molecular formula is C8H13ClFNO4. The molecule has 1 unspecified atom stereocenters. The molecule has 3 N–H and O–H groups in total. The van der Waals surface area contributed by atoms with Crippen molar-refractivity contribution in [1.82, 2.24) is 4.84 Å². The molecule has 0 aromatic heterocycles. The van der Waals surface area contributed by atoms with Gasteiger partial charge >= 0.3 is 11.9 Å². The van der Waals surface area contributed by atoms with E-state index < -0.39 is 24.2 Å². The Labute approximate surface area is 91.3 Å². The lowest BCUT2D eigenvalue weighted by Gasteiger charge is -2.11. The molecule has 0 aliphatic carbocycles. The van der Waals surface area contributed by atoms with Crippen molar-refractivity contribution in [2.45, 2.75) is 37.9 Å². The molecule has 5 nitrogen and oxygen atoms in total. The van der Waals surface area contributed by atoms with Crippen molar-refractivity contribution in [3.63, 3.8) is 0 Å². The molecule has 0 rings (SSSR count). The Morgan fingerprint density at radius 1 is 1.27 bits per heavy atom. The summed E-state index contributed by atoms with van der Waals surface area (Å²) in [5, 5.41) is 16.8. The summed E-state index contributed by atoms with van der Waals surface area (Å²) < 4.78 is 13.0. The van der Waals surface area contributed by atoms with E-state index in [-0.39, 0.29) is 25.7 Å². The van der Waals surface area contributed by atoms with Gasteiger partial charge in [0, 0.05) is 6.42 Å². The number of hydrogen-bond donors (Lipinski definition) is 3. The Balaban J connectivity index is 3.73. The molecule has 0 aliphatic heterocycles. The third-order valence-corrected chi connectivity index (χ3v) is 2.13.